The number of sulfonamides is 1. The fraction of sp³-hybridized carbons (Fsp3) is 0.571. The van der Waals surface area contributed by atoms with Crippen molar-refractivity contribution >= 4 is 15.9 Å². The first-order valence-electron chi connectivity index (χ1n) is 7.60. The number of amides is 1. The van der Waals surface area contributed by atoms with Gasteiger partial charge in [0.1, 0.15) is 4.90 Å². The second kappa shape index (κ2) is 6.34. The highest BCUT2D eigenvalue weighted by Crippen LogP contribution is 2.26. The smallest absolute Gasteiger partial charge is 0.262 e. The standard InChI is InChI=1S/C14H18F2N4O3S/c15-14(16)8-12(18-10-14)13(21)19-4-6-20(7-5-19)24(22,23)11-2-1-3-17-9-11/h1-3,9,12,18H,4-8,10H2. The Bertz CT molecular complexity index is 706. The van der Waals surface area contributed by atoms with Crippen LogP contribution in [0.15, 0.2) is 29.4 Å². The van der Waals surface area contributed by atoms with Gasteiger partial charge in [0.2, 0.25) is 15.9 Å². The molecule has 1 aromatic rings. The van der Waals surface area contributed by atoms with Crippen molar-refractivity contribution < 1.29 is 22.0 Å². The lowest BCUT2D eigenvalue weighted by Crippen LogP contribution is -2.54. The van der Waals surface area contributed by atoms with Gasteiger partial charge in [0.05, 0.1) is 12.6 Å². The van der Waals surface area contributed by atoms with Gasteiger partial charge in [-0.25, -0.2) is 17.2 Å². The molecule has 1 atom stereocenters. The minimum absolute atomic E-state index is 0.0990. The minimum Gasteiger partial charge on any atom is -0.339 e. The molecular weight excluding hydrogens is 342 g/mol. The van der Waals surface area contributed by atoms with Gasteiger partial charge in [0, 0.05) is 45.0 Å². The average molecular weight is 360 g/mol. The molecule has 3 rings (SSSR count). The molecular formula is C14H18F2N4O3S. The maximum atomic E-state index is 13.2. The molecule has 0 spiro atoms. The van der Waals surface area contributed by atoms with E-state index in [-0.39, 0.29) is 31.1 Å². The Hall–Kier alpha value is -1.65. The van der Waals surface area contributed by atoms with Crippen LogP contribution in [0.5, 0.6) is 0 Å². The highest BCUT2D eigenvalue weighted by atomic mass is 32.2. The summed E-state index contributed by atoms with van der Waals surface area (Å²) in [6, 6.07) is 2.10. The van der Waals surface area contributed by atoms with Gasteiger partial charge in [-0.05, 0) is 12.1 Å². The number of rotatable bonds is 3. The van der Waals surface area contributed by atoms with Crippen molar-refractivity contribution in [2.75, 3.05) is 32.7 Å². The lowest BCUT2D eigenvalue weighted by atomic mass is 10.1. The zero-order chi connectivity index (χ0) is 17.4. The first kappa shape index (κ1) is 17.2. The summed E-state index contributed by atoms with van der Waals surface area (Å²) in [5, 5.41) is 2.53. The second-order valence-corrected chi connectivity index (χ2v) is 7.85. The number of carbonyl (C=O) groups excluding carboxylic acids is 1. The van der Waals surface area contributed by atoms with E-state index in [0.717, 1.165) is 0 Å². The number of nitrogens with zero attached hydrogens (tertiary/aromatic N) is 3. The highest BCUT2D eigenvalue weighted by Gasteiger charge is 2.44. The molecule has 2 aliphatic heterocycles. The van der Waals surface area contributed by atoms with E-state index in [1.807, 2.05) is 0 Å². The van der Waals surface area contributed by atoms with E-state index in [1.54, 1.807) is 6.07 Å². The lowest BCUT2D eigenvalue weighted by molar-refractivity contribution is -0.134. The molecule has 2 aliphatic rings. The Morgan fingerprint density at radius 1 is 1.29 bits per heavy atom. The van der Waals surface area contributed by atoms with Crippen LogP contribution in [0.2, 0.25) is 0 Å². The molecule has 3 heterocycles. The number of pyridine rings is 1. The number of carbonyl (C=O) groups is 1. The fourth-order valence-electron chi connectivity index (χ4n) is 2.91. The Kier molecular flexibility index (Phi) is 4.54. The van der Waals surface area contributed by atoms with Crippen molar-refractivity contribution in [3.8, 4) is 0 Å². The Morgan fingerprint density at radius 2 is 2.00 bits per heavy atom. The van der Waals surface area contributed by atoms with E-state index in [1.165, 1.54) is 27.7 Å². The first-order chi connectivity index (χ1) is 11.3. The zero-order valence-corrected chi connectivity index (χ0v) is 13.7. The number of nitrogens with one attached hydrogen (secondary N) is 1. The third kappa shape index (κ3) is 3.40. The zero-order valence-electron chi connectivity index (χ0n) is 12.9. The van der Waals surface area contributed by atoms with Crippen molar-refractivity contribution in [1.82, 2.24) is 19.5 Å². The summed E-state index contributed by atoms with van der Waals surface area (Å²) in [6.45, 7) is 0.126. The highest BCUT2D eigenvalue weighted by molar-refractivity contribution is 7.89. The molecule has 24 heavy (non-hydrogen) atoms. The number of hydrogen-bond donors (Lipinski definition) is 1. The van der Waals surface area contributed by atoms with Crippen LogP contribution < -0.4 is 5.32 Å². The van der Waals surface area contributed by atoms with Crippen LogP contribution in [0.3, 0.4) is 0 Å². The lowest BCUT2D eigenvalue weighted by Gasteiger charge is -2.35. The van der Waals surface area contributed by atoms with Crippen LogP contribution in [0.1, 0.15) is 6.42 Å². The first-order valence-corrected chi connectivity index (χ1v) is 9.04. The summed E-state index contributed by atoms with van der Waals surface area (Å²) in [6.07, 6.45) is 2.25. The minimum atomic E-state index is -3.65. The maximum Gasteiger partial charge on any atom is 0.262 e. The summed E-state index contributed by atoms with van der Waals surface area (Å²) < 4.78 is 52.6. The number of hydrogen-bond acceptors (Lipinski definition) is 5. The summed E-state index contributed by atoms with van der Waals surface area (Å²) in [4.78, 5) is 17.6. The van der Waals surface area contributed by atoms with Gasteiger partial charge >= 0.3 is 0 Å². The normalized spacial score (nSPS) is 24.9. The van der Waals surface area contributed by atoms with Crippen LogP contribution >= 0.6 is 0 Å². The molecule has 0 saturated carbocycles. The molecule has 1 unspecified atom stereocenters. The van der Waals surface area contributed by atoms with Gasteiger partial charge in [-0.3, -0.25) is 15.1 Å². The van der Waals surface area contributed by atoms with Crippen LogP contribution in [0.25, 0.3) is 0 Å². The number of piperazine rings is 1. The quantitative estimate of drug-likeness (QED) is 0.815. The topological polar surface area (TPSA) is 82.6 Å². The van der Waals surface area contributed by atoms with Crippen molar-refractivity contribution in [2.24, 2.45) is 0 Å². The van der Waals surface area contributed by atoms with Crippen molar-refractivity contribution in [3.05, 3.63) is 24.5 Å². The molecule has 7 nitrogen and oxygen atoms in total. The molecule has 1 amide bonds. The molecule has 0 aliphatic carbocycles. The molecule has 1 N–H and O–H groups in total. The van der Waals surface area contributed by atoms with Gasteiger partial charge < -0.3 is 4.90 Å². The predicted molar refractivity (Wildman–Crippen MR) is 80.9 cm³/mol. The van der Waals surface area contributed by atoms with Gasteiger partial charge in [-0.2, -0.15) is 4.31 Å². The van der Waals surface area contributed by atoms with Crippen LogP contribution in [-0.4, -0.2) is 73.2 Å². The van der Waals surface area contributed by atoms with Gasteiger partial charge in [0.15, 0.2) is 0 Å². The summed E-state index contributed by atoms with van der Waals surface area (Å²) in [7, 11) is -3.65. The molecule has 2 fully saturated rings. The van der Waals surface area contributed by atoms with Crippen molar-refractivity contribution in [1.29, 1.82) is 0 Å². The third-order valence-corrected chi connectivity index (χ3v) is 6.11. The number of alkyl halides is 2. The Morgan fingerprint density at radius 3 is 2.54 bits per heavy atom. The van der Waals surface area contributed by atoms with E-state index in [4.69, 9.17) is 0 Å². The van der Waals surface area contributed by atoms with Crippen LogP contribution in [-0.2, 0) is 14.8 Å². The van der Waals surface area contributed by atoms with Gasteiger partial charge in [-0.15, -0.1) is 0 Å². The summed E-state index contributed by atoms with van der Waals surface area (Å²) in [5.41, 5.74) is 0. The van der Waals surface area contributed by atoms with E-state index >= 15 is 0 Å². The average Bonchev–Trinajstić information content (AvgIpc) is 2.95. The molecule has 1 aromatic heterocycles. The van der Waals surface area contributed by atoms with E-state index < -0.39 is 40.9 Å². The van der Waals surface area contributed by atoms with Gasteiger partial charge in [0.25, 0.3) is 5.92 Å². The molecule has 132 valence electrons. The molecule has 0 radical (unpaired) electrons. The van der Waals surface area contributed by atoms with E-state index in [9.17, 15) is 22.0 Å². The van der Waals surface area contributed by atoms with Crippen LogP contribution in [0.4, 0.5) is 8.78 Å². The second-order valence-electron chi connectivity index (χ2n) is 5.91. The molecule has 2 saturated heterocycles. The van der Waals surface area contributed by atoms with Gasteiger partial charge in [-0.1, -0.05) is 0 Å². The SMILES string of the molecule is O=C(C1CC(F)(F)CN1)N1CCN(S(=O)(=O)c2cccnc2)CC1. The number of aromatic nitrogens is 1. The van der Waals surface area contributed by atoms with Crippen molar-refractivity contribution in [2.45, 2.75) is 23.3 Å². The molecule has 0 bridgehead atoms. The van der Waals surface area contributed by atoms with E-state index in [0.29, 0.717) is 0 Å². The predicted octanol–water partition coefficient (Wildman–Crippen LogP) is -0.0883. The fourth-order valence-corrected chi connectivity index (χ4v) is 4.29. The monoisotopic (exact) mass is 360 g/mol. The Balaban J connectivity index is 1.61. The van der Waals surface area contributed by atoms with E-state index in [2.05, 4.69) is 10.3 Å². The molecule has 10 heteroatoms. The van der Waals surface area contributed by atoms with Crippen LogP contribution in [0, 0.1) is 0 Å². The largest absolute Gasteiger partial charge is 0.339 e. The maximum absolute atomic E-state index is 13.2. The third-order valence-electron chi connectivity index (χ3n) is 4.23. The van der Waals surface area contributed by atoms with Crippen molar-refractivity contribution in [3.63, 3.8) is 0 Å². The summed E-state index contributed by atoms with van der Waals surface area (Å²) in [5.74, 6) is -3.27. The molecule has 0 aromatic carbocycles. The Labute approximate surface area is 138 Å². The summed E-state index contributed by atoms with van der Waals surface area (Å²) >= 11 is 0. The number of halogens is 2.